The molecule has 2 aliphatic heterocycles. The lowest BCUT2D eigenvalue weighted by molar-refractivity contribution is -0.119. The largest absolute Gasteiger partial charge is 0.491 e. The highest BCUT2D eigenvalue weighted by atomic mass is 16.5. The third-order valence-corrected chi connectivity index (χ3v) is 4.50. The van der Waals surface area contributed by atoms with Crippen molar-refractivity contribution in [3.05, 3.63) is 42.1 Å². The quantitative estimate of drug-likeness (QED) is 0.625. The number of rotatable bonds is 9. The molecule has 2 aliphatic rings. The predicted octanol–water partition coefficient (Wildman–Crippen LogP) is 1.70. The number of Topliss-reactive ketones (excluding diaryl/α,β-unsaturated/α-hetero) is 1. The normalized spacial score (nSPS) is 18.3. The van der Waals surface area contributed by atoms with Crippen molar-refractivity contribution in [2.45, 2.75) is 13.0 Å². The molecule has 26 heavy (non-hydrogen) atoms. The summed E-state index contributed by atoms with van der Waals surface area (Å²) in [5.74, 6) is 1.11. The Balaban J connectivity index is 1.28. The van der Waals surface area contributed by atoms with Gasteiger partial charge in [-0.2, -0.15) is 0 Å². The number of carbonyl (C=O) groups is 1. The topological polar surface area (TPSA) is 51.2 Å². The summed E-state index contributed by atoms with van der Waals surface area (Å²) in [6, 6.07) is 8.03. The zero-order valence-electron chi connectivity index (χ0n) is 15.3. The zero-order valence-corrected chi connectivity index (χ0v) is 15.3. The first-order valence-electron chi connectivity index (χ1n) is 9.31. The van der Waals surface area contributed by atoms with E-state index >= 15 is 0 Å². The molecule has 2 heterocycles. The van der Waals surface area contributed by atoms with Crippen LogP contribution in [0.15, 0.2) is 36.5 Å². The average molecular weight is 360 g/mol. The first-order valence-corrected chi connectivity index (χ1v) is 9.31. The van der Waals surface area contributed by atoms with Gasteiger partial charge < -0.3 is 19.1 Å². The molecule has 0 aromatic heterocycles. The van der Waals surface area contributed by atoms with Gasteiger partial charge in [-0.05, 0) is 23.9 Å². The number of ether oxygens (including phenoxy) is 3. The summed E-state index contributed by atoms with van der Waals surface area (Å²) in [4.78, 5) is 15.9. The Morgan fingerprint density at radius 1 is 1.04 bits per heavy atom. The molecule has 1 aromatic rings. The lowest BCUT2D eigenvalue weighted by atomic mass is 10.1. The predicted molar refractivity (Wildman–Crippen MR) is 99.2 cm³/mol. The molecule has 0 amide bonds. The minimum absolute atomic E-state index is 0.265. The summed E-state index contributed by atoms with van der Waals surface area (Å²) < 4.78 is 16.7. The van der Waals surface area contributed by atoms with Crippen molar-refractivity contribution < 1.29 is 19.0 Å². The number of morpholine rings is 1. The van der Waals surface area contributed by atoms with E-state index in [2.05, 4.69) is 4.90 Å². The van der Waals surface area contributed by atoms with Crippen LogP contribution in [0.4, 0.5) is 0 Å². The molecule has 1 fully saturated rings. The van der Waals surface area contributed by atoms with Crippen LogP contribution in [0.25, 0.3) is 0 Å². The Morgan fingerprint density at radius 3 is 2.62 bits per heavy atom. The molecule has 6 heteroatoms. The number of nitrogens with zero attached hydrogens (tertiary/aromatic N) is 2. The Bertz CT molecular complexity index is 582. The maximum Gasteiger partial charge on any atom is 0.155 e. The van der Waals surface area contributed by atoms with Crippen molar-refractivity contribution in [1.82, 2.24) is 9.80 Å². The highest BCUT2D eigenvalue weighted by Gasteiger charge is 2.11. The molecule has 142 valence electrons. The van der Waals surface area contributed by atoms with Gasteiger partial charge >= 0.3 is 0 Å². The summed E-state index contributed by atoms with van der Waals surface area (Å²) in [7, 11) is 0. The third kappa shape index (κ3) is 6.44. The molecule has 6 nitrogen and oxygen atoms in total. The van der Waals surface area contributed by atoms with Gasteiger partial charge in [0.25, 0.3) is 0 Å². The second-order valence-corrected chi connectivity index (χ2v) is 6.59. The van der Waals surface area contributed by atoms with E-state index < -0.39 is 0 Å². The van der Waals surface area contributed by atoms with Gasteiger partial charge in [-0.25, -0.2) is 0 Å². The molecule has 0 bridgehead atoms. The molecule has 1 aromatic carbocycles. The Hall–Kier alpha value is -1.89. The molecule has 0 N–H and O–H groups in total. The van der Waals surface area contributed by atoms with Crippen LogP contribution in [0.5, 0.6) is 5.75 Å². The number of hydrogen-bond acceptors (Lipinski definition) is 6. The van der Waals surface area contributed by atoms with Crippen molar-refractivity contribution in [1.29, 1.82) is 0 Å². The lowest BCUT2D eigenvalue weighted by Crippen LogP contribution is -2.38. The molecule has 3 rings (SSSR count). The van der Waals surface area contributed by atoms with Crippen LogP contribution < -0.4 is 4.74 Å². The maximum absolute atomic E-state index is 11.5. The summed E-state index contributed by atoms with van der Waals surface area (Å²) in [6.45, 7) is 7.69. The van der Waals surface area contributed by atoms with E-state index in [0.717, 1.165) is 51.7 Å². The SMILES string of the molecule is O=C1CC=CN(Cc2ccc(OCCOCCN3CCOCC3)cc2)C1. The minimum atomic E-state index is 0.265. The van der Waals surface area contributed by atoms with E-state index in [-0.39, 0.29) is 5.78 Å². The monoisotopic (exact) mass is 360 g/mol. The van der Waals surface area contributed by atoms with Crippen molar-refractivity contribution >= 4 is 5.78 Å². The average Bonchev–Trinajstić information content (AvgIpc) is 2.67. The van der Waals surface area contributed by atoms with Crippen LogP contribution in [0.1, 0.15) is 12.0 Å². The summed E-state index contributed by atoms with van der Waals surface area (Å²) in [5, 5.41) is 0. The van der Waals surface area contributed by atoms with Gasteiger partial charge in [0.05, 0.1) is 33.0 Å². The van der Waals surface area contributed by atoms with Crippen LogP contribution in [0, 0.1) is 0 Å². The first-order chi connectivity index (χ1) is 12.8. The third-order valence-electron chi connectivity index (χ3n) is 4.50. The van der Waals surface area contributed by atoms with Crippen molar-refractivity contribution in [3.63, 3.8) is 0 Å². The van der Waals surface area contributed by atoms with E-state index in [9.17, 15) is 4.79 Å². The Labute approximate surface area is 155 Å². The second-order valence-electron chi connectivity index (χ2n) is 6.59. The summed E-state index contributed by atoms with van der Waals surface area (Å²) >= 11 is 0. The second kappa shape index (κ2) is 10.3. The summed E-state index contributed by atoms with van der Waals surface area (Å²) in [6.07, 6.45) is 4.47. The highest BCUT2D eigenvalue weighted by molar-refractivity contribution is 5.82. The highest BCUT2D eigenvalue weighted by Crippen LogP contribution is 2.15. The van der Waals surface area contributed by atoms with E-state index in [1.165, 1.54) is 5.56 Å². The van der Waals surface area contributed by atoms with Crippen molar-refractivity contribution in [3.8, 4) is 5.75 Å². The Kier molecular flexibility index (Phi) is 7.49. The number of allylic oxidation sites excluding steroid dienone is 1. The fourth-order valence-corrected chi connectivity index (χ4v) is 3.05. The van der Waals surface area contributed by atoms with Gasteiger partial charge in [0.2, 0.25) is 0 Å². The number of benzene rings is 1. The molecule has 1 saturated heterocycles. The smallest absolute Gasteiger partial charge is 0.155 e. The van der Waals surface area contributed by atoms with Crippen LogP contribution >= 0.6 is 0 Å². The van der Waals surface area contributed by atoms with E-state index in [1.807, 2.05) is 41.4 Å². The van der Waals surface area contributed by atoms with Gasteiger partial charge in [-0.1, -0.05) is 18.2 Å². The molecule has 0 saturated carbocycles. The van der Waals surface area contributed by atoms with Gasteiger partial charge in [0, 0.05) is 32.6 Å². The number of ketones is 1. The van der Waals surface area contributed by atoms with Crippen molar-refractivity contribution in [2.75, 3.05) is 59.2 Å². The van der Waals surface area contributed by atoms with Gasteiger partial charge in [-0.15, -0.1) is 0 Å². The van der Waals surface area contributed by atoms with Crippen LogP contribution in [0.3, 0.4) is 0 Å². The molecule has 0 radical (unpaired) electrons. The molecular weight excluding hydrogens is 332 g/mol. The molecule has 0 atom stereocenters. The van der Waals surface area contributed by atoms with Gasteiger partial charge in [0.15, 0.2) is 5.78 Å². The standard InChI is InChI=1S/C20H28N2O4/c23-19-2-1-7-22(17-19)16-18-3-5-20(6-4-18)26-15-14-25-13-10-21-8-11-24-12-9-21/h1,3-7H,2,8-17H2. The minimum Gasteiger partial charge on any atom is -0.491 e. The van der Waals surface area contributed by atoms with Crippen molar-refractivity contribution in [2.24, 2.45) is 0 Å². The maximum atomic E-state index is 11.5. The zero-order chi connectivity index (χ0) is 18.0. The van der Waals surface area contributed by atoms with Gasteiger partial charge in [0.1, 0.15) is 12.4 Å². The number of hydrogen-bond donors (Lipinski definition) is 0. The van der Waals surface area contributed by atoms with Crippen LogP contribution in [0.2, 0.25) is 0 Å². The van der Waals surface area contributed by atoms with E-state index in [0.29, 0.717) is 26.2 Å². The fourth-order valence-electron chi connectivity index (χ4n) is 3.05. The molecule has 0 spiro atoms. The number of carbonyl (C=O) groups excluding carboxylic acids is 1. The first kappa shape index (κ1) is 18.9. The molecule has 0 aliphatic carbocycles. The summed E-state index contributed by atoms with van der Waals surface area (Å²) in [5.41, 5.74) is 1.17. The molecular formula is C20H28N2O4. The van der Waals surface area contributed by atoms with Gasteiger partial charge in [-0.3, -0.25) is 9.69 Å². The fraction of sp³-hybridized carbons (Fsp3) is 0.550. The Morgan fingerprint density at radius 2 is 1.85 bits per heavy atom. The van der Waals surface area contributed by atoms with Crippen LogP contribution in [-0.4, -0.2) is 74.8 Å². The van der Waals surface area contributed by atoms with E-state index in [4.69, 9.17) is 14.2 Å². The molecule has 0 unspecified atom stereocenters. The van der Waals surface area contributed by atoms with Crippen LogP contribution in [-0.2, 0) is 20.8 Å². The lowest BCUT2D eigenvalue weighted by Gasteiger charge is -2.26. The van der Waals surface area contributed by atoms with E-state index in [1.54, 1.807) is 0 Å².